The number of carbonyl (C=O) groups excluding carboxylic acids is 1. The number of carbonyl (C=O) groups is 1. The molecule has 0 saturated carbocycles. The molecule has 0 aromatic heterocycles. The smallest absolute Gasteiger partial charge is 0.258 e. The Morgan fingerprint density at radius 3 is 2.64 bits per heavy atom. The number of nitrogens with zero attached hydrogens (tertiary/aromatic N) is 1. The van der Waals surface area contributed by atoms with E-state index in [1.165, 1.54) is 12.1 Å². The van der Waals surface area contributed by atoms with Gasteiger partial charge in [-0.3, -0.25) is 4.79 Å². The van der Waals surface area contributed by atoms with Gasteiger partial charge in [0.05, 0.1) is 11.6 Å². The zero-order chi connectivity index (χ0) is 15.9. The van der Waals surface area contributed by atoms with Crippen molar-refractivity contribution in [2.75, 3.05) is 6.61 Å². The van der Waals surface area contributed by atoms with Crippen molar-refractivity contribution in [3.05, 3.63) is 63.9 Å². The highest BCUT2D eigenvalue weighted by Gasteiger charge is 2.07. The van der Waals surface area contributed by atoms with E-state index in [-0.39, 0.29) is 18.3 Å². The molecule has 112 valence electrons. The largest absolute Gasteiger partial charge is 0.481 e. The van der Waals surface area contributed by atoms with Crippen LogP contribution in [0, 0.1) is 17.1 Å². The van der Waals surface area contributed by atoms with Gasteiger partial charge in [0, 0.05) is 11.0 Å². The zero-order valence-electron chi connectivity index (χ0n) is 11.5. The Labute approximate surface area is 135 Å². The maximum atomic E-state index is 13.5. The van der Waals surface area contributed by atoms with Crippen LogP contribution in [0.2, 0.25) is 0 Å². The van der Waals surface area contributed by atoms with E-state index < -0.39 is 5.82 Å². The molecule has 0 aliphatic carbocycles. The first kappa shape index (κ1) is 16.0. The van der Waals surface area contributed by atoms with E-state index >= 15 is 0 Å². The molecular weight excluding hydrogens is 351 g/mol. The fourth-order valence-electron chi connectivity index (χ4n) is 1.68. The number of amides is 1. The molecule has 1 amide bonds. The molecule has 0 aliphatic heterocycles. The van der Waals surface area contributed by atoms with Crippen LogP contribution in [-0.2, 0) is 11.3 Å². The fourth-order valence-corrected chi connectivity index (χ4v) is 2.02. The van der Waals surface area contributed by atoms with E-state index in [1.807, 2.05) is 6.07 Å². The van der Waals surface area contributed by atoms with E-state index in [9.17, 15) is 9.18 Å². The number of halogens is 2. The van der Waals surface area contributed by atoms with Crippen molar-refractivity contribution < 1.29 is 13.9 Å². The zero-order valence-corrected chi connectivity index (χ0v) is 13.1. The topological polar surface area (TPSA) is 62.1 Å². The van der Waals surface area contributed by atoms with Crippen LogP contribution >= 0.6 is 15.9 Å². The summed E-state index contributed by atoms with van der Waals surface area (Å²) >= 11 is 3.14. The average molecular weight is 363 g/mol. The Bertz CT molecular complexity index is 711. The Morgan fingerprint density at radius 1 is 1.27 bits per heavy atom. The van der Waals surface area contributed by atoms with Gasteiger partial charge in [-0.25, -0.2) is 4.39 Å². The van der Waals surface area contributed by atoms with Gasteiger partial charge in [-0.05, 0) is 35.9 Å². The molecule has 0 atom stereocenters. The van der Waals surface area contributed by atoms with Gasteiger partial charge in [-0.1, -0.05) is 28.1 Å². The fraction of sp³-hybridized carbons (Fsp3) is 0.125. The molecule has 0 fully saturated rings. The Morgan fingerprint density at radius 2 is 2.00 bits per heavy atom. The van der Waals surface area contributed by atoms with Gasteiger partial charge in [0.15, 0.2) is 18.2 Å². The Balaban J connectivity index is 1.81. The van der Waals surface area contributed by atoms with Gasteiger partial charge in [0.1, 0.15) is 0 Å². The first-order valence-corrected chi connectivity index (χ1v) is 7.21. The quantitative estimate of drug-likeness (QED) is 0.888. The molecule has 22 heavy (non-hydrogen) atoms. The minimum Gasteiger partial charge on any atom is -0.481 e. The molecule has 0 spiro atoms. The normalized spacial score (nSPS) is 9.86. The third kappa shape index (κ3) is 4.57. The highest BCUT2D eigenvalue weighted by molar-refractivity contribution is 9.10. The maximum absolute atomic E-state index is 13.5. The molecule has 1 N–H and O–H groups in total. The number of hydrogen-bond donors (Lipinski definition) is 1. The van der Waals surface area contributed by atoms with Crippen LogP contribution in [0.15, 0.2) is 46.9 Å². The summed E-state index contributed by atoms with van der Waals surface area (Å²) in [4.78, 5) is 11.7. The van der Waals surface area contributed by atoms with Crippen molar-refractivity contribution in [1.82, 2.24) is 5.32 Å². The molecule has 2 aromatic rings. The van der Waals surface area contributed by atoms with E-state index in [2.05, 4.69) is 21.2 Å². The predicted octanol–water partition coefficient (Wildman–Crippen LogP) is 3.16. The maximum Gasteiger partial charge on any atom is 0.258 e. The van der Waals surface area contributed by atoms with E-state index in [0.717, 1.165) is 5.56 Å². The standard InChI is InChI=1S/C16H12BrFN2O2/c17-13-5-6-15(14(18)7-13)22-10-16(21)20-9-12-3-1-11(8-19)2-4-12/h1-7H,9-10H2,(H,20,21). The first-order valence-electron chi connectivity index (χ1n) is 6.42. The lowest BCUT2D eigenvalue weighted by molar-refractivity contribution is -0.123. The second-order valence-electron chi connectivity index (χ2n) is 4.45. The molecule has 0 radical (unpaired) electrons. The van der Waals surface area contributed by atoms with Gasteiger partial charge < -0.3 is 10.1 Å². The summed E-state index contributed by atoms with van der Waals surface area (Å²) in [5.41, 5.74) is 1.42. The minimum atomic E-state index is -0.533. The number of ether oxygens (including phenoxy) is 1. The van der Waals surface area contributed by atoms with E-state index in [4.69, 9.17) is 10.00 Å². The number of nitrogens with one attached hydrogen (secondary N) is 1. The van der Waals surface area contributed by atoms with Crippen LogP contribution in [0.25, 0.3) is 0 Å². The van der Waals surface area contributed by atoms with Crippen molar-refractivity contribution in [3.63, 3.8) is 0 Å². The SMILES string of the molecule is N#Cc1ccc(CNC(=O)COc2ccc(Br)cc2F)cc1. The van der Waals surface area contributed by atoms with Gasteiger partial charge in [0.25, 0.3) is 5.91 Å². The van der Waals surface area contributed by atoms with Gasteiger partial charge in [-0.15, -0.1) is 0 Å². The summed E-state index contributed by atoms with van der Waals surface area (Å²) in [6, 6.07) is 13.2. The highest BCUT2D eigenvalue weighted by Crippen LogP contribution is 2.21. The lowest BCUT2D eigenvalue weighted by atomic mass is 10.1. The van der Waals surface area contributed by atoms with Crippen LogP contribution in [-0.4, -0.2) is 12.5 Å². The Kier molecular flexibility index (Phi) is 5.50. The Hall–Kier alpha value is -2.39. The van der Waals surface area contributed by atoms with Crippen LogP contribution in [0.3, 0.4) is 0 Å². The highest BCUT2D eigenvalue weighted by atomic mass is 79.9. The molecule has 0 heterocycles. The number of rotatable bonds is 5. The van der Waals surface area contributed by atoms with Crippen LogP contribution in [0.1, 0.15) is 11.1 Å². The summed E-state index contributed by atoms with van der Waals surface area (Å²) < 4.78 is 19.2. The molecule has 2 aromatic carbocycles. The average Bonchev–Trinajstić information content (AvgIpc) is 2.52. The predicted molar refractivity (Wildman–Crippen MR) is 82.6 cm³/mol. The second-order valence-corrected chi connectivity index (χ2v) is 5.36. The van der Waals surface area contributed by atoms with Crippen LogP contribution in [0.4, 0.5) is 4.39 Å². The molecule has 0 aliphatic rings. The number of nitriles is 1. The molecule has 0 unspecified atom stereocenters. The van der Waals surface area contributed by atoms with Gasteiger partial charge >= 0.3 is 0 Å². The third-order valence-electron chi connectivity index (χ3n) is 2.83. The lowest BCUT2D eigenvalue weighted by Gasteiger charge is -2.08. The summed E-state index contributed by atoms with van der Waals surface area (Å²) in [5.74, 6) is -0.863. The number of hydrogen-bond acceptors (Lipinski definition) is 3. The van der Waals surface area contributed by atoms with E-state index in [1.54, 1.807) is 30.3 Å². The molecule has 2 rings (SSSR count). The van der Waals surface area contributed by atoms with Crippen molar-refractivity contribution in [2.45, 2.75) is 6.54 Å². The monoisotopic (exact) mass is 362 g/mol. The second kappa shape index (κ2) is 7.57. The lowest BCUT2D eigenvalue weighted by Crippen LogP contribution is -2.28. The van der Waals surface area contributed by atoms with Crippen molar-refractivity contribution in [2.24, 2.45) is 0 Å². The van der Waals surface area contributed by atoms with Crippen molar-refractivity contribution in [3.8, 4) is 11.8 Å². The van der Waals surface area contributed by atoms with Gasteiger partial charge in [-0.2, -0.15) is 5.26 Å². The molecule has 0 saturated heterocycles. The van der Waals surface area contributed by atoms with Gasteiger partial charge in [0.2, 0.25) is 0 Å². The van der Waals surface area contributed by atoms with Crippen molar-refractivity contribution in [1.29, 1.82) is 5.26 Å². The number of benzene rings is 2. The summed E-state index contributed by atoms with van der Waals surface area (Å²) in [6.45, 7) is 0.0472. The molecular formula is C16H12BrFN2O2. The van der Waals surface area contributed by atoms with Crippen LogP contribution in [0.5, 0.6) is 5.75 Å². The van der Waals surface area contributed by atoms with Crippen LogP contribution < -0.4 is 10.1 Å². The van der Waals surface area contributed by atoms with Crippen molar-refractivity contribution >= 4 is 21.8 Å². The summed E-state index contributed by atoms with van der Waals surface area (Å²) in [5, 5.41) is 11.4. The van der Waals surface area contributed by atoms with E-state index in [0.29, 0.717) is 16.6 Å². The molecule has 0 bridgehead atoms. The summed E-state index contributed by atoms with van der Waals surface area (Å²) in [7, 11) is 0. The third-order valence-corrected chi connectivity index (χ3v) is 3.32. The molecule has 4 nitrogen and oxygen atoms in total. The summed E-state index contributed by atoms with van der Waals surface area (Å²) in [6.07, 6.45) is 0. The molecule has 6 heteroatoms. The minimum absolute atomic E-state index is 0.0247. The first-order chi connectivity index (χ1) is 10.6.